The number of benzene rings is 2. The van der Waals surface area contributed by atoms with E-state index in [4.69, 9.17) is 25.6 Å². The fraction of sp³-hybridized carbons (Fsp3) is 0.407. The summed E-state index contributed by atoms with van der Waals surface area (Å²) in [6.07, 6.45) is -0.378. The highest BCUT2D eigenvalue weighted by Gasteiger charge is 2.41. The maximum atomic E-state index is 12.5. The lowest BCUT2D eigenvalue weighted by Crippen LogP contribution is -2.43. The normalized spacial score (nSPS) is 17.5. The molecule has 0 bridgehead atoms. The van der Waals surface area contributed by atoms with Crippen molar-refractivity contribution in [2.24, 2.45) is 0 Å². The number of hydrogen-bond acceptors (Lipinski definition) is 8. The van der Waals surface area contributed by atoms with Crippen LogP contribution in [0.3, 0.4) is 0 Å². The summed E-state index contributed by atoms with van der Waals surface area (Å²) in [5.41, 5.74) is 1.46. The third-order valence-electron chi connectivity index (χ3n) is 5.70. The van der Waals surface area contributed by atoms with Crippen molar-refractivity contribution in [1.29, 1.82) is 0 Å². The van der Waals surface area contributed by atoms with E-state index >= 15 is 0 Å². The second kappa shape index (κ2) is 10.9. The predicted molar refractivity (Wildman–Crippen MR) is 142 cm³/mol. The lowest BCUT2D eigenvalue weighted by molar-refractivity contribution is -0.142. The van der Waals surface area contributed by atoms with Crippen LogP contribution in [0.2, 0.25) is 5.02 Å². The number of carboxylic acid groups (broad SMARTS) is 1. The molecule has 4 rings (SSSR count). The third-order valence-corrected chi connectivity index (χ3v) is 5.99. The van der Waals surface area contributed by atoms with Gasteiger partial charge < -0.3 is 24.4 Å². The van der Waals surface area contributed by atoms with Gasteiger partial charge in [-0.05, 0) is 77.1 Å². The molecule has 0 unspecified atom stereocenters. The highest BCUT2D eigenvalue weighted by molar-refractivity contribution is 6.32. The summed E-state index contributed by atoms with van der Waals surface area (Å²) >= 11 is 6.34. The summed E-state index contributed by atoms with van der Waals surface area (Å²) in [4.78, 5) is 30.0. The van der Waals surface area contributed by atoms with Crippen LogP contribution in [0.25, 0.3) is 22.8 Å². The number of rotatable bonds is 7. The minimum absolute atomic E-state index is 0.00349. The van der Waals surface area contributed by atoms with Gasteiger partial charge in [-0.3, -0.25) is 4.90 Å². The molecule has 2 aromatic carbocycles. The maximum absolute atomic E-state index is 12.5. The van der Waals surface area contributed by atoms with Crippen LogP contribution in [0.5, 0.6) is 5.75 Å². The second-order valence-electron chi connectivity index (χ2n) is 10.4. The average Bonchev–Trinajstić information content (AvgIpc) is 3.48. The fourth-order valence-electron chi connectivity index (χ4n) is 4.09. The third kappa shape index (κ3) is 6.55. The van der Waals surface area contributed by atoms with E-state index in [0.717, 1.165) is 5.69 Å². The van der Waals surface area contributed by atoms with Crippen LogP contribution < -0.4 is 10.1 Å². The van der Waals surface area contributed by atoms with Crippen LogP contribution in [0.4, 0.5) is 10.5 Å². The van der Waals surface area contributed by atoms with E-state index in [9.17, 15) is 14.7 Å². The first-order chi connectivity index (χ1) is 17.9. The molecule has 1 saturated heterocycles. The number of amides is 1. The minimum Gasteiger partial charge on any atom is -0.489 e. The van der Waals surface area contributed by atoms with Gasteiger partial charge in [-0.2, -0.15) is 4.98 Å². The van der Waals surface area contributed by atoms with Gasteiger partial charge in [0.1, 0.15) is 17.4 Å². The number of carbonyl (C=O) groups excluding carboxylic acids is 1. The molecule has 0 spiro atoms. The first-order valence-corrected chi connectivity index (χ1v) is 12.7. The standard InChI is InChI=1S/C27H31ClN4O6/c1-15(2)36-22-11-8-17(12-20(22)28)23-30-24(38-31-23)16-6-9-18(10-7-16)29-19-13-21(25(33)34)32(14-19)26(35)37-27(3,4)5/h6-12,15,19,21,29H,13-14H2,1-5H3,(H,33,34)/t19-,21-/m1/s1. The number of aromatic nitrogens is 2. The van der Waals surface area contributed by atoms with Crippen molar-refractivity contribution >= 4 is 29.4 Å². The van der Waals surface area contributed by atoms with Crippen molar-refractivity contribution in [3.8, 4) is 28.6 Å². The fourth-order valence-corrected chi connectivity index (χ4v) is 4.31. The van der Waals surface area contributed by atoms with E-state index in [2.05, 4.69) is 15.5 Å². The van der Waals surface area contributed by atoms with E-state index in [1.165, 1.54) is 4.90 Å². The molecule has 3 aromatic rings. The minimum atomic E-state index is -1.06. The molecule has 0 radical (unpaired) electrons. The molecular formula is C27H31ClN4O6. The molecule has 38 heavy (non-hydrogen) atoms. The Bertz CT molecular complexity index is 1300. The Kier molecular flexibility index (Phi) is 7.82. The molecule has 2 atom stereocenters. The molecule has 1 aliphatic rings. The zero-order chi connectivity index (χ0) is 27.6. The monoisotopic (exact) mass is 542 g/mol. The van der Waals surface area contributed by atoms with Crippen molar-refractivity contribution in [1.82, 2.24) is 15.0 Å². The Morgan fingerprint density at radius 2 is 1.84 bits per heavy atom. The zero-order valence-electron chi connectivity index (χ0n) is 21.9. The number of aliphatic carboxylic acids is 1. The lowest BCUT2D eigenvalue weighted by atomic mass is 10.1. The highest BCUT2D eigenvalue weighted by atomic mass is 35.5. The zero-order valence-corrected chi connectivity index (χ0v) is 22.7. The van der Waals surface area contributed by atoms with E-state index < -0.39 is 23.7 Å². The molecule has 1 aliphatic heterocycles. The summed E-state index contributed by atoms with van der Waals surface area (Å²) in [5, 5.41) is 17.4. The molecule has 1 amide bonds. The van der Waals surface area contributed by atoms with E-state index in [0.29, 0.717) is 33.6 Å². The van der Waals surface area contributed by atoms with Crippen molar-refractivity contribution in [2.45, 2.75) is 64.8 Å². The number of carbonyl (C=O) groups is 2. The molecule has 0 aliphatic carbocycles. The first-order valence-electron chi connectivity index (χ1n) is 12.3. The first kappa shape index (κ1) is 27.3. The van der Waals surface area contributed by atoms with Gasteiger partial charge in [-0.1, -0.05) is 16.8 Å². The largest absolute Gasteiger partial charge is 0.489 e. The summed E-state index contributed by atoms with van der Waals surface area (Å²) < 4.78 is 16.5. The Balaban J connectivity index is 1.42. The number of anilines is 1. The van der Waals surface area contributed by atoms with Gasteiger partial charge in [-0.15, -0.1) is 0 Å². The van der Waals surface area contributed by atoms with Gasteiger partial charge in [0.15, 0.2) is 0 Å². The van der Waals surface area contributed by atoms with Crippen molar-refractivity contribution in [3.05, 3.63) is 47.5 Å². The van der Waals surface area contributed by atoms with Gasteiger partial charge in [0.05, 0.1) is 11.1 Å². The molecule has 10 nitrogen and oxygen atoms in total. The summed E-state index contributed by atoms with van der Waals surface area (Å²) in [5.74, 6) is 0.260. The summed E-state index contributed by atoms with van der Waals surface area (Å²) in [6.45, 7) is 9.30. The molecule has 2 N–H and O–H groups in total. The van der Waals surface area contributed by atoms with Crippen LogP contribution in [0.15, 0.2) is 47.0 Å². The second-order valence-corrected chi connectivity index (χ2v) is 10.8. The number of ether oxygens (including phenoxy) is 2. The molecule has 1 fully saturated rings. The molecule has 1 aromatic heterocycles. The number of nitrogens with one attached hydrogen (secondary N) is 1. The Morgan fingerprint density at radius 1 is 1.16 bits per heavy atom. The number of hydrogen-bond donors (Lipinski definition) is 2. The van der Waals surface area contributed by atoms with E-state index in [1.807, 2.05) is 44.2 Å². The van der Waals surface area contributed by atoms with Gasteiger partial charge in [-0.25, -0.2) is 9.59 Å². The number of carboxylic acids is 1. The van der Waals surface area contributed by atoms with Crippen LogP contribution in [0.1, 0.15) is 41.0 Å². The maximum Gasteiger partial charge on any atom is 0.411 e. The van der Waals surface area contributed by atoms with Crippen LogP contribution in [-0.2, 0) is 9.53 Å². The topological polar surface area (TPSA) is 127 Å². The van der Waals surface area contributed by atoms with Crippen molar-refractivity contribution in [3.63, 3.8) is 0 Å². The summed E-state index contributed by atoms with van der Waals surface area (Å²) in [7, 11) is 0. The Hall–Kier alpha value is -3.79. The van der Waals surface area contributed by atoms with Crippen LogP contribution >= 0.6 is 11.6 Å². The SMILES string of the molecule is CC(C)Oc1ccc(-c2noc(-c3ccc(N[C@@H]4C[C@H](C(=O)O)N(C(=O)OC(C)(C)C)C4)cc3)n2)cc1Cl. The molecule has 11 heteroatoms. The Morgan fingerprint density at radius 3 is 2.45 bits per heavy atom. The predicted octanol–water partition coefficient (Wildman–Crippen LogP) is 5.72. The van der Waals surface area contributed by atoms with Crippen LogP contribution in [-0.4, -0.2) is 62.5 Å². The van der Waals surface area contributed by atoms with Gasteiger partial charge >= 0.3 is 12.1 Å². The lowest BCUT2D eigenvalue weighted by Gasteiger charge is -2.26. The number of likely N-dealkylation sites (tertiary alicyclic amines) is 1. The van der Waals surface area contributed by atoms with E-state index in [-0.39, 0.29) is 25.1 Å². The Labute approximate surface area is 225 Å². The van der Waals surface area contributed by atoms with Crippen molar-refractivity contribution in [2.75, 3.05) is 11.9 Å². The van der Waals surface area contributed by atoms with Gasteiger partial charge in [0.25, 0.3) is 5.89 Å². The molecule has 2 heterocycles. The molecular weight excluding hydrogens is 512 g/mol. The number of halogens is 1. The number of nitrogens with zero attached hydrogens (tertiary/aromatic N) is 3. The highest BCUT2D eigenvalue weighted by Crippen LogP contribution is 2.31. The smallest absolute Gasteiger partial charge is 0.411 e. The molecule has 0 saturated carbocycles. The summed E-state index contributed by atoms with van der Waals surface area (Å²) in [6, 6.07) is 11.4. The van der Waals surface area contributed by atoms with Gasteiger partial charge in [0.2, 0.25) is 5.82 Å². The quantitative estimate of drug-likeness (QED) is 0.385. The molecule has 202 valence electrons. The van der Waals surface area contributed by atoms with Gasteiger partial charge in [0, 0.05) is 35.8 Å². The van der Waals surface area contributed by atoms with Crippen molar-refractivity contribution < 1.29 is 28.7 Å². The van der Waals surface area contributed by atoms with Crippen LogP contribution in [0, 0.1) is 0 Å². The average molecular weight is 543 g/mol. The van der Waals surface area contributed by atoms with E-state index in [1.54, 1.807) is 32.9 Å².